The Bertz CT molecular complexity index is 584. The number of ether oxygens (including phenoxy) is 1. The lowest BCUT2D eigenvalue weighted by Gasteiger charge is -2.29. The van der Waals surface area contributed by atoms with E-state index in [0.717, 1.165) is 30.3 Å². The second-order valence-corrected chi connectivity index (χ2v) is 8.82. The second kappa shape index (κ2) is 9.04. The van der Waals surface area contributed by atoms with Gasteiger partial charge in [-0.05, 0) is 57.7 Å². The largest absolute Gasteiger partial charge is 0.444 e. The molecule has 1 amide bonds. The molecule has 0 bridgehead atoms. The van der Waals surface area contributed by atoms with Crippen LogP contribution in [0.5, 0.6) is 0 Å². The van der Waals surface area contributed by atoms with Crippen molar-refractivity contribution in [2.24, 2.45) is 0 Å². The van der Waals surface area contributed by atoms with Gasteiger partial charge in [-0.3, -0.25) is 0 Å². The monoisotopic (exact) mass is 410 g/mol. The molecule has 1 fully saturated rings. The zero-order valence-corrected chi connectivity index (χ0v) is 17.4. The standard InChI is InChI=1S/C20H31BrN2O2/c1-14-12-15(10-11-16(14)21)13-22-17-8-6-5-7-9-18(17)23-19(24)25-20(2,3)4/h10-12,17-18,22H,5-9,13H2,1-4H3,(H,23,24). The Hall–Kier alpha value is -1.07. The third-order valence-corrected chi connectivity index (χ3v) is 5.40. The zero-order chi connectivity index (χ0) is 18.4. The van der Waals surface area contributed by atoms with Crippen LogP contribution in [-0.4, -0.2) is 23.8 Å². The van der Waals surface area contributed by atoms with Gasteiger partial charge in [0.2, 0.25) is 0 Å². The smallest absolute Gasteiger partial charge is 0.407 e. The second-order valence-electron chi connectivity index (χ2n) is 7.96. The summed E-state index contributed by atoms with van der Waals surface area (Å²) >= 11 is 3.55. The van der Waals surface area contributed by atoms with Crippen molar-refractivity contribution in [3.63, 3.8) is 0 Å². The summed E-state index contributed by atoms with van der Waals surface area (Å²) in [6.07, 6.45) is 5.33. The van der Waals surface area contributed by atoms with Gasteiger partial charge in [0, 0.05) is 23.1 Å². The molecule has 1 saturated carbocycles. The molecule has 1 aromatic carbocycles. The van der Waals surface area contributed by atoms with Crippen LogP contribution in [0.4, 0.5) is 4.79 Å². The summed E-state index contributed by atoms with van der Waals surface area (Å²) in [5, 5.41) is 6.75. The Balaban J connectivity index is 1.96. The van der Waals surface area contributed by atoms with E-state index in [-0.39, 0.29) is 18.2 Å². The van der Waals surface area contributed by atoms with Gasteiger partial charge in [-0.2, -0.15) is 0 Å². The fourth-order valence-electron chi connectivity index (χ4n) is 3.25. The zero-order valence-electron chi connectivity index (χ0n) is 15.8. The molecular formula is C20H31BrN2O2. The lowest BCUT2D eigenvalue weighted by Crippen LogP contribution is -2.50. The fraction of sp³-hybridized carbons (Fsp3) is 0.650. The van der Waals surface area contributed by atoms with E-state index in [1.165, 1.54) is 24.0 Å². The quantitative estimate of drug-likeness (QED) is 0.680. The predicted molar refractivity (Wildman–Crippen MR) is 106 cm³/mol. The first-order valence-electron chi connectivity index (χ1n) is 9.22. The molecule has 0 heterocycles. The summed E-state index contributed by atoms with van der Waals surface area (Å²) < 4.78 is 6.57. The Kier molecular flexibility index (Phi) is 7.32. The summed E-state index contributed by atoms with van der Waals surface area (Å²) in [5.41, 5.74) is 2.04. The lowest BCUT2D eigenvalue weighted by molar-refractivity contribution is 0.0489. The molecule has 0 radical (unpaired) electrons. The van der Waals surface area contributed by atoms with E-state index < -0.39 is 5.60 Å². The molecule has 0 spiro atoms. The van der Waals surface area contributed by atoms with Gasteiger partial charge in [0.15, 0.2) is 0 Å². The third-order valence-electron chi connectivity index (χ3n) is 4.51. The number of alkyl carbamates (subject to hydrolysis) is 1. The van der Waals surface area contributed by atoms with Crippen molar-refractivity contribution in [2.75, 3.05) is 0 Å². The normalized spacial score (nSPS) is 21.5. The highest BCUT2D eigenvalue weighted by Crippen LogP contribution is 2.21. The number of amides is 1. The highest BCUT2D eigenvalue weighted by molar-refractivity contribution is 9.10. The molecule has 1 aliphatic carbocycles. The van der Waals surface area contributed by atoms with Gasteiger partial charge in [-0.15, -0.1) is 0 Å². The molecule has 0 aromatic heterocycles. The van der Waals surface area contributed by atoms with Gasteiger partial charge in [0.05, 0.1) is 0 Å². The number of rotatable bonds is 4. The van der Waals surface area contributed by atoms with E-state index in [9.17, 15) is 4.79 Å². The van der Waals surface area contributed by atoms with Crippen molar-refractivity contribution in [3.05, 3.63) is 33.8 Å². The van der Waals surface area contributed by atoms with Gasteiger partial charge in [0.1, 0.15) is 5.60 Å². The van der Waals surface area contributed by atoms with Crippen LogP contribution in [0.2, 0.25) is 0 Å². The molecule has 2 atom stereocenters. The maximum atomic E-state index is 12.2. The number of halogens is 1. The highest BCUT2D eigenvalue weighted by atomic mass is 79.9. The van der Waals surface area contributed by atoms with Crippen molar-refractivity contribution in [1.82, 2.24) is 10.6 Å². The summed E-state index contributed by atoms with van der Waals surface area (Å²) in [4.78, 5) is 12.2. The van der Waals surface area contributed by atoms with Crippen molar-refractivity contribution >= 4 is 22.0 Å². The van der Waals surface area contributed by atoms with E-state index in [4.69, 9.17) is 4.74 Å². The van der Waals surface area contributed by atoms with Gasteiger partial charge in [-0.25, -0.2) is 4.79 Å². The van der Waals surface area contributed by atoms with E-state index >= 15 is 0 Å². The van der Waals surface area contributed by atoms with Gasteiger partial charge < -0.3 is 15.4 Å². The number of hydrogen-bond acceptors (Lipinski definition) is 3. The predicted octanol–water partition coefficient (Wildman–Crippen LogP) is 5.07. The van der Waals surface area contributed by atoms with Gasteiger partial charge >= 0.3 is 6.09 Å². The summed E-state index contributed by atoms with van der Waals surface area (Å²) in [7, 11) is 0. The third kappa shape index (κ3) is 6.98. The Labute approximate surface area is 160 Å². The van der Waals surface area contributed by atoms with Crippen LogP contribution in [0.15, 0.2) is 22.7 Å². The van der Waals surface area contributed by atoms with Crippen LogP contribution in [-0.2, 0) is 11.3 Å². The number of carbonyl (C=O) groups is 1. The fourth-order valence-corrected chi connectivity index (χ4v) is 3.50. The molecule has 2 unspecified atom stereocenters. The van der Waals surface area contributed by atoms with Gasteiger partial charge in [0.25, 0.3) is 0 Å². The summed E-state index contributed by atoms with van der Waals surface area (Å²) in [6.45, 7) is 8.60. The van der Waals surface area contributed by atoms with Crippen LogP contribution < -0.4 is 10.6 Å². The van der Waals surface area contributed by atoms with E-state index in [2.05, 4.69) is 51.7 Å². The summed E-state index contributed by atoms with van der Waals surface area (Å²) in [6, 6.07) is 6.82. The number of nitrogens with one attached hydrogen (secondary N) is 2. The first kappa shape index (κ1) is 20.2. The molecule has 25 heavy (non-hydrogen) atoms. The maximum absolute atomic E-state index is 12.2. The Morgan fingerprint density at radius 2 is 1.88 bits per heavy atom. The molecule has 140 valence electrons. The van der Waals surface area contributed by atoms with Crippen LogP contribution in [0.1, 0.15) is 64.0 Å². The molecule has 1 aromatic rings. The Morgan fingerprint density at radius 3 is 2.52 bits per heavy atom. The minimum absolute atomic E-state index is 0.119. The van der Waals surface area contributed by atoms with E-state index in [1.807, 2.05) is 20.8 Å². The first-order valence-corrected chi connectivity index (χ1v) is 10.0. The minimum Gasteiger partial charge on any atom is -0.444 e. The van der Waals surface area contributed by atoms with Crippen molar-refractivity contribution in [1.29, 1.82) is 0 Å². The molecule has 0 saturated heterocycles. The number of hydrogen-bond donors (Lipinski definition) is 2. The van der Waals surface area contributed by atoms with Crippen molar-refractivity contribution in [2.45, 2.75) is 84.0 Å². The van der Waals surface area contributed by atoms with E-state index in [0.29, 0.717) is 0 Å². The minimum atomic E-state index is -0.466. The van der Waals surface area contributed by atoms with Crippen molar-refractivity contribution < 1.29 is 9.53 Å². The molecule has 1 aliphatic rings. The van der Waals surface area contributed by atoms with E-state index in [1.54, 1.807) is 0 Å². The molecule has 2 rings (SSSR count). The molecule has 0 aliphatic heterocycles. The van der Waals surface area contributed by atoms with Crippen LogP contribution in [0, 0.1) is 6.92 Å². The SMILES string of the molecule is Cc1cc(CNC2CCCCCC2NC(=O)OC(C)(C)C)ccc1Br. The van der Waals surface area contributed by atoms with Gasteiger partial charge in [-0.1, -0.05) is 47.3 Å². The molecular weight excluding hydrogens is 380 g/mol. The lowest BCUT2D eigenvalue weighted by atomic mass is 10.0. The highest BCUT2D eigenvalue weighted by Gasteiger charge is 2.27. The topological polar surface area (TPSA) is 50.4 Å². The number of carbonyl (C=O) groups excluding carboxylic acids is 1. The molecule has 4 nitrogen and oxygen atoms in total. The molecule has 2 N–H and O–H groups in total. The van der Waals surface area contributed by atoms with Crippen LogP contribution >= 0.6 is 15.9 Å². The molecule has 5 heteroatoms. The average Bonchev–Trinajstić information content (AvgIpc) is 2.72. The average molecular weight is 411 g/mol. The first-order chi connectivity index (χ1) is 11.7. The van der Waals surface area contributed by atoms with Crippen molar-refractivity contribution in [3.8, 4) is 0 Å². The van der Waals surface area contributed by atoms with Crippen LogP contribution in [0.25, 0.3) is 0 Å². The number of aryl methyl sites for hydroxylation is 1. The Morgan fingerprint density at radius 1 is 1.20 bits per heavy atom. The maximum Gasteiger partial charge on any atom is 0.407 e. The van der Waals surface area contributed by atoms with Crippen LogP contribution in [0.3, 0.4) is 0 Å². The summed E-state index contributed by atoms with van der Waals surface area (Å²) in [5.74, 6) is 0. The number of benzene rings is 1.